The van der Waals surface area contributed by atoms with Crippen LogP contribution in [0, 0.1) is 17.2 Å². The van der Waals surface area contributed by atoms with E-state index in [1.807, 2.05) is 18.2 Å². The van der Waals surface area contributed by atoms with Crippen LogP contribution >= 0.6 is 0 Å². The van der Waals surface area contributed by atoms with E-state index in [4.69, 9.17) is 9.84 Å². The number of ether oxygens (including phenoxy) is 1. The second-order valence-electron chi connectivity index (χ2n) is 8.71. The molecular formula is C27H33NO4. The summed E-state index contributed by atoms with van der Waals surface area (Å²) in [4.78, 5) is 10.8. The van der Waals surface area contributed by atoms with Gasteiger partial charge in [-0.1, -0.05) is 62.6 Å². The number of nitrogens with zero attached hydrogens (tertiary/aromatic N) is 1. The highest BCUT2D eigenvalue weighted by Crippen LogP contribution is 2.50. The van der Waals surface area contributed by atoms with Gasteiger partial charge in [0.25, 0.3) is 0 Å². The zero-order valence-corrected chi connectivity index (χ0v) is 18.7. The molecule has 1 aliphatic carbocycles. The largest absolute Gasteiger partial charge is 0.493 e. The van der Waals surface area contributed by atoms with Crippen LogP contribution in [0.5, 0.6) is 5.75 Å². The fourth-order valence-electron chi connectivity index (χ4n) is 4.78. The molecule has 0 spiro atoms. The van der Waals surface area contributed by atoms with Crippen molar-refractivity contribution in [3.63, 3.8) is 0 Å². The molecule has 5 heteroatoms. The highest BCUT2D eigenvalue weighted by Gasteiger charge is 2.44. The summed E-state index contributed by atoms with van der Waals surface area (Å²) in [5.41, 5.74) is 3.30. The van der Waals surface area contributed by atoms with Gasteiger partial charge in [-0.3, -0.25) is 4.79 Å². The predicted molar refractivity (Wildman–Crippen MR) is 124 cm³/mol. The normalized spacial score (nSPS) is 22.4. The minimum absolute atomic E-state index is 0.0688. The summed E-state index contributed by atoms with van der Waals surface area (Å²) in [6, 6.07) is 18.4. The number of hydrogen-bond donors (Lipinski definition) is 2. The van der Waals surface area contributed by atoms with Crippen LogP contribution in [0.25, 0.3) is 0 Å². The molecule has 0 heterocycles. The van der Waals surface area contributed by atoms with E-state index in [1.54, 1.807) is 6.07 Å². The molecule has 32 heavy (non-hydrogen) atoms. The molecule has 4 atom stereocenters. The maximum absolute atomic E-state index is 10.9. The van der Waals surface area contributed by atoms with Crippen molar-refractivity contribution in [3.05, 3.63) is 65.2 Å². The van der Waals surface area contributed by atoms with Crippen LogP contribution in [0.3, 0.4) is 0 Å². The van der Waals surface area contributed by atoms with Crippen molar-refractivity contribution >= 4 is 5.97 Å². The number of nitriles is 1. The van der Waals surface area contributed by atoms with Gasteiger partial charge in [-0.05, 0) is 48.1 Å². The van der Waals surface area contributed by atoms with Gasteiger partial charge in [0.1, 0.15) is 5.75 Å². The highest BCUT2D eigenvalue weighted by atomic mass is 16.5. The first-order valence-corrected chi connectivity index (χ1v) is 11.6. The lowest BCUT2D eigenvalue weighted by Gasteiger charge is -2.25. The Bertz CT molecular complexity index is 918. The van der Waals surface area contributed by atoms with Crippen LogP contribution in [-0.2, 0) is 11.2 Å². The fourth-order valence-corrected chi connectivity index (χ4v) is 4.78. The molecule has 0 bridgehead atoms. The van der Waals surface area contributed by atoms with E-state index in [9.17, 15) is 15.2 Å². The molecule has 5 nitrogen and oxygen atoms in total. The van der Waals surface area contributed by atoms with Crippen LogP contribution in [-0.4, -0.2) is 28.9 Å². The average molecular weight is 436 g/mol. The van der Waals surface area contributed by atoms with E-state index in [0.29, 0.717) is 12.2 Å². The summed E-state index contributed by atoms with van der Waals surface area (Å²) in [6.07, 6.45) is 5.78. The number of unbranched alkanes of at least 4 members (excludes halogenated alkanes) is 3. The average Bonchev–Trinajstić information content (AvgIpc) is 3.13. The van der Waals surface area contributed by atoms with Crippen molar-refractivity contribution in [3.8, 4) is 11.8 Å². The molecule has 2 aromatic rings. The Morgan fingerprint density at radius 1 is 1.09 bits per heavy atom. The van der Waals surface area contributed by atoms with Crippen LogP contribution in [0.15, 0.2) is 48.5 Å². The summed E-state index contributed by atoms with van der Waals surface area (Å²) < 4.78 is 5.60. The van der Waals surface area contributed by atoms with Gasteiger partial charge >= 0.3 is 5.97 Å². The molecule has 1 aliphatic rings. The Hall–Kier alpha value is -2.84. The topological polar surface area (TPSA) is 90.5 Å². The Balaban J connectivity index is 1.78. The molecule has 0 saturated heterocycles. The first-order valence-electron chi connectivity index (χ1n) is 11.6. The number of aliphatic carboxylic acids is 1. The number of aliphatic hydroxyl groups excluding tert-OH is 1. The zero-order chi connectivity index (χ0) is 22.9. The zero-order valence-electron chi connectivity index (χ0n) is 18.7. The second kappa shape index (κ2) is 11.7. The Morgan fingerprint density at radius 3 is 2.56 bits per heavy atom. The van der Waals surface area contributed by atoms with Crippen LogP contribution in [0.1, 0.15) is 74.0 Å². The fraction of sp³-hybridized carbons (Fsp3) is 0.481. The van der Waals surface area contributed by atoms with E-state index >= 15 is 0 Å². The molecular weight excluding hydrogens is 402 g/mol. The maximum atomic E-state index is 10.9. The van der Waals surface area contributed by atoms with Crippen molar-refractivity contribution in [1.29, 1.82) is 5.26 Å². The van der Waals surface area contributed by atoms with Gasteiger partial charge in [-0.25, -0.2) is 0 Å². The predicted octanol–water partition coefficient (Wildman–Crippen LogP) is 5.43. The Labute approximate surface area is 190 Å². The van der Waals surface area contributed by atoms with Gasteiger partial charge in [-0.2, -0.15) is 5.26 Å². The molecule has 1 fully saturated rings. The minimum atomic E-state index is -0.904. The van der Waals surface area contributed by atoms with E-state index in [1.165, 1.54) is 31.2 Å². The molecule has 0 radical (unpaired) electrons. The third-order valence-corrected chi connectivity index (χ3v) is 6.41. The summed E-state index contributed by atoms with van der Waals surface area (Å²) in [5, 5.41) is 29.5. The van der Waals surface area contributed by atoms with Crippen molar-refractivity contribution in [1.82, 2.24) is 0 Å². The number of carbonyl (C=O) groups is 1. The summed E-state index contributed by atoms with van der Waals surface area (Å²) in [6.45, 7) is 2.31. The van der Waals surface area contributed by atoms with Crippen molar-refractivity contribution in [2.24, 2.45) is 5.92 Å². The second-order valence-corrected chi connectivity index (χ2v) is 8.71. The molecule has 0 aromatic heterocycles. The third-order valence-electron chi connectivity index (χ3n) is 6.41. The van der Waals surface area contributed by atoms with Crippen LogP contribution < -0.4 is 4.74 Å². The quantitative estimate of drug-likeness (QED) is 0.459. The molecule has 3 rings (SSSR count). The lowest BCUT2D eigenvalue weighted by atomic mass is 9.79. The summed E-state index contributed by atoms with van der Waals surface area (Å²) in [5.74, 6) is -0.920. The van der Waals surface area contributed by atoms with Crippen LogP contribution in [0.2, 0.25) is 0 Å². The Kier molecular flexibility index (Phi) is 8.70. The summed E-state index contributed by atoms with van der Waals surface area (Å²) in [7, 11) is 0. The smallest absolute Gasteiger partial charge is 0.306 e. The summed E-state index contributed by atoms with van der Waals surface area (Å²) >= 11 is 0. The highest BCUT2D eigenvalue weighted by molar-refractivity contribution is 5.66. The molecule has 170 valence electrons. The molecule has 2 N–H and O–H groups in total. The van der Waals surface area contributed by atoms with Gasteiger partial charge in [0.15, 0.2) is 0 Å². The molecule has 1 saturated carbocycles. The van der Waals surface area contributed by atoms with Gasteiger partial charge in [-0.15, -0.1) is 0 Å². The van der Waals surface area contributed by atoms with Crippen LogP contribution in [0.4, 0.5) is 0 Å². The van der Waals surface area contributed by atoms with E-state index < -0.39 is 12.1 Å². The number of carboxylic acids is 1. The first-order chi connectivity index (χ1) is 15.5. The van der Waals surface area contributed by atoms with Gasteiger partial charge in [0, 0.05) is 11.8 Å². The monoisotopic (exact) mass is 435 g/mol. The molecule has 0 amide bonds. The number of carboxylic acid groups (broad SMARTS) is 1. The first kappa shape index (κ1) is 23.8. The van der Waals surface area contributed by atoms with Gasteiger partial charge < -0.3 is 14.9 Å². The van der Waals surface area contributed by atoms with Gasteiger partial charge in [0.05, 0.1) is 31.1 Å². The SMILES string of the molecule is CCCCCCc1ccc(C2C(c3cccc(OCCC(=O)O)c3)[C@H](C#N)C[C@H]2O)cc1. The standard InChI is InChI=1S/C27H33NO4/c1-2-3-4-5-7-19-10-12-20(13-11-19)27-24(29)17-22(18-28)26(27)21-8-6-9-23(16-21)32-15-14-25(30)31/h6,8-13,16,22,24,26-27,29H,2-5,7,14-15,17H2,1H3,(H,30,31)/t22-,24+,26?,27?/m0/s1. The third kappa shape index (κ3) is 6.11. The van der Waals surface area contributed by atoms with Crippen molar-refractivity contribution in [2.45, 2.75) is 69.8 Å². The molecule has 0 aliphatic heterocycles. The van der Waals surface area contributed by atoms with Crippen molar-refractivity contribution in [2.75, 3.05) is 6.61 Å². The van der Waals surface area contributed by atoms with Gasteiger partial charge in [0.2, 0.25) is 0 Å². The molecule has 2 aromatic carbocycles. The minimum Gasteiger partial charge on any atom is -0.493 e. The maximum Gasteiger partial charge on any atom is 0.306 e. The lowest BCUT2D eigenvalue weighted by Crippen LogP contribution is -2.17. The number of aliphatic hydroxyl groups is 1. The number of rotatable bonds is 11. The van der Waals surface area contributed by atoms with E-state index in [0.717, 1.165) is 17.5 Å². The van der Waals surface area contributed by atoms with E-state index in [-0.39, 0.29) is 30.8 Å². The van der Waals surface area contributed by atoms with Crippen molar-refractivity contribution < 1.29 is 19.7 Å². The van der Waals surface area contributed by atoms with E-state index in [2.05, 4.69) is 37.3 Å². The lowest BCUT2D eigenvalue weighted by molar-refractivity contribution is -0.137. The molecule has 2 unspecified atom stereocenters. The number of benzene rings is 2. The number of hydrogen-bond acceptors (Lipinski definition) is 4. The Morgan fingerprint density at radius 2 is 1.88 bits per heavy atom. The number of aryl methyl sites for hydroxylation is 1.